The van der Waals surface area contributed by atoms with E-state index in [0.29, 0.717) is 5.02 Å². The van der Waals surface area contributed by atoms with Crippen LogP contribution in [0.15, 0.2) is 12.1 Å². The van der Waals surface area contributed by atoms with Gasteiger partial charge in [0.05, 0.1) is 22.4 Å². The molecule has 0 atom stereocenters. The van der Waals surface area contributed by atoms with Gasteiger partial charge in [-0.1, -0.05) is 11.6 Å². The minimum Gasteiger partial charge on any atom is -0.396 e. The molecular weight excluding hydrogens is 258 g/mol. The predicted molar refractivity (Wildman–Crippen MR) is 71.9 cm³/mol. The van der Waals surface area contributed by atoms with Crippen molar-refractivity contribution in [3.63, 3.8) is 0 Å². The van der Waals surface area contributed by atoms with Crippen LogP contribution in [0.4, 0.5) is 5.69 Å². The van der Waals surface area contributed by atoms with Gasteiger partial charge in [0, 0.05) is 13.2 Å². The molecule has 0 unspecified atom stereocenters. The van der Waals surface area contributed by atoms with E-state index in [1.54, 1.807) is 0 Å². The molecule has 0 spiro atoms. The first-order chi connectivity index (χ1) is 8.33. The molecule has 0 aliphatic heterocycles. The van der Waals surface area contributed by atoms with E-state index in [9.17, 15) is 0 Å². The third-order valence-electron chi connectivity index (χ3n) is 2.51. The quantitative estimate of drug-likeness (QED) is 0.793. The first-order valence-corrected chi connectivity index (χ1v) is 6.69. The van der Waals surface area contributed by atoms with E-state index in [1.165, 1.54) is 11.7 Å². The highest BCUT2D eigenvalue weighted by Crippen LogP contribution is 2.29. The monoisotopic (exact) mass is 271 g/mol. The number of aromatic nitrogens is 2. The summed E-state index contributed by atoms with van der Waals surface area (Å²) in [5, 5.41) is 12.6. The van der Waals surface area contributed by atoms with Gasteiger partial charge in [-0.15, -0.1) is 0 Å². The maximum Gasteiger partial charge on any atom is 0.129 e. The van der Waals surface area contributed by atoms with Gasteiger partial charge in [-0.2, -0.15) is 8.75 Å². The molecule has 1 aromatic carbocycles. The first-order valence-electron chi connectivity index (χ1n) is 5.58. The van der Waals surface area contributed by atoms with E-state index < -0.39 is 0 Å². The summed E-state index contributed by atoms with van der Waals surface area (Å²) in [5.41, 5.74) is 2.57. The number of aliphatic hydroxyl groups excluding tert-OH is 1. The Balaban J connectivity index is 2.02. The fourth-order valence-corrected chi connectivity index (χ4v) is 2.38. The molecule has 4 nitrogen and oxygen atoms in total. The largest absolute Gasteiger partial charge is 0.396 e. The van der Waals surface area contributed by atoms with E-state index in [4.69, 9.17) is 16.7 Å². The summed E-state index contributed by atoms with van der Waals surface area (Å²) >= 11 is 7.33. The van der Waals surface area contributed by atoms with E-state index in [2.05, 4.69) is 14.1 Å². The van der Waals surface area contributed by atoms with E-state index in [-0.39, 0.29) is 6.61 Å². The molecule has 0 aliphatic carbocycles. The van der Waals surface area contributed by atoms with Crippen molar-refractivity contribution in [3.05, 3.63) is 17.2 Å². The van der Waals surface area contributed by atoms with Crippen LogP contribution in [-0.2, 0) is 0 Å². The molecule has 92 valence electrons. The van der Waals surface area contributed by atoms with Crippen LogP contribution >= 0.6 is 23.3 Å². The zero-order chi connectivity index (χ0) is 12.1. The Morgan fingerprint density at radius 3 is 2.94 bits per heavy atom. The van der Waals surface area contributed by atoms with Crippen LogP contribution in [0, 0.1) is 0 Å². The fraction of sp³-hybridized carbons (Fsp3) is 0.455. The molecule has 17 heavy (non-hydrogen) atoms. The lowest BCUT2D eigenvalue weighted by molar-refractivity contribution is 0.283. The molecule has 0 saturated heterocycles. The predicted octanol–water partition coefficient (Wildman–Crippen LogP) is 2.92. The number of halogens is 1. The number of anilines is 1. The molecule has 0 radical (unpaired) electrons. The molecule has 2 N–H and O–H groups in total. The Morgan fingerprint density at radius 2 is 2.12 bits per heavy atom. The molecule has 0 saturated carbocycles. The average molecular weight is 272 g/mol. The number of hydrogen-bond acceptors (Lipinski definition) is 5. The summed E-state index contributed by atoms with van der Waals surface area (Å²) in [4.78, 5) is 0. The van der Waals surface area contributed by atoms with Crippen LogP contribution < -0.4 is 5.32 Å². The molecule has 2 aromatic rings. The molecule has 6 heteroatoms. The molecule has 1 aromatic heterocycles. The van der Waals surface area contributed by atoms with E-state index in [1.807, 2.05) is 12.1 Å². The standard InChI is InChI=1S/C11H14ClN3OS/c12-8-4-5-9-11(15-17-14-9)10(8)13-6-2-1-3-7-16/h4-5,13,16H,1-3,6-7H2. The van der Waals surface area contributed by atoms with E-state index >= 15 is 0 Å². The Hall–Kier alpha value is -0.910. The number of benzene rings is 1. The van der Waals surface area contributed by atoms with Crippen LogP contribution in [0.3, 0.4) is 0 Å². The maximum atomic E-state index is 8.68. The van der Waals surface area contributed by atoms with Gasteiger partial charge in [-0.25, -0.2) is 0 Å². The van der Waals surface area contributed by atoms with Gasteiger partial charge in [0.25, 0.3) is 0 Å². The molecule has 1 heterocycles. The van der Waals surface area contributed by atoms with Crippen molar-refractivity contribution >= 4 is 40.0 Å². The summed E-state index contributed by atoms with van der Waals surface area (Å²) in [5.74, 6) is 0. The Morgan fingerprint density at radius 1 is 1.24 bits per heavy atom. The number of hydrogen-bond donors (Lipinski definition) is 2. The number of fused-ring (bicyclic) bond motifs is 1. The minimum atomic E-state index is 0.256. The lowest BCUT2D eigenvalue weighted by Gasteiger charge is -2.08. The van der Waals surface area contributed by atoms with Crippen molar-refractivity contribution in [2.75, 3.05) is 18.5 Å². The smallest absolute Gasteiger partial charge is 0.129 e. The highest BCUT2D eigenvalue weighted by Gasteiger charge is 2.08. The third kappa shape index (κ3) is 3.06. The zero-order valence-corrected chi connectivity index (χ0v) is 10.9. The van der Waals surface area contributed by atoms with Gasteiger partial charge in [-0.05, 0) is 31.4 Å². The summed E-state index contributed by atoms with van der Waals surface area (Å²) in [6.45, 7) is 1.09. The Kier molecular flexibility index (Phi) is 4.53. The highest BCUT2D eigenvalue weighted by atomic mass is 35.5. The lowest BCUT2D eigenvalue weighted by Crippen LogP contribution is -2.03. The number of aliphatic hydroxyl groups is 1. The van der Waals surface area contributed by atoms with Gasteiger partial charge in [-0.3, -0.25) is 0 Å². The SMILES string of the molecule is OCCCCCNc1c(Cl)ccc2nsnc12. The topological polar surface area (TPSA) is 58.0 Å². The van der Waals surface area contributed by atoms with Crippen LogP contribution in [0.5, 0.6) is 0 Å². The number of nitrogens with one attached hydrogen (secondary N) is 1. The normalized spacial score (nSPS) is 10.9. The Labute approximate surface area is 109 Å². The average Bonchev–Trinajstić information content (AvgIpc) is 2.79. The molecule has 0 aliphatic rings. The summed E-state index contributed by atoms with van der Waals surface area (Å²) in [6.07, 6.45) is 2.86. The van der Waals surface area contributed by atoms with Crippen molar-refractivity contribution in [1.82, 2.24) is 8.75 Å². The summed E-state index contributed by atoms with van der Waals surface area (Å²) < 4.78 is 8.42. The van der Waals surface area contributed by atoms with Gasteiger partial charge in [0.1, 0.15) is 11.0 Å². The van der Waals surface area contributed by atoms with Crippen LogP contribution in [0.25, 0.3) is 11.0 Å². The van der Waals surface area contributed by atoms with Gasteiger partial charge >= 0.3 is 0 Å². The van der Waals surface area contributed by atoms with Crippen LogP contribution in [-0.4, -0.2) is 27.0 Å². The number of nitrogens with zero attached hydrogens (tertiary/aromatic N) is 2. The third-order valence-corrected chi connectivity index (χ3v) is 3.37. The van der Waals surface area contributed by atoms with Crippen LogP contribution in [0.2, 0.25) is 5.02 Å². The molecule has 0 amide bonds. The van der Waals surface area contributed by atoms with Crippen molar-refractivity contribution in [1.29, 1.82) is 0 Å². The van der Waals surface area contributed by atoms with Gasteiger partial charge < -0.3 is 10.4 Å². The maximum absolute atomic E-state index is 8.68. The minimum absolute atomic E-state index is 0.256. The fourth-order valence-electron chi connectivity index (χ4n) is 1.62. The van der Waals surface area contributed by atoms with Gasteiger partial charge in [0.15, 0.2) is 0 Å². The van der Waals surface area contributed by atoms with Crippen molar-refractivity contribution < 1.29 is 5.11 Å². The highest BCUT2D eigenvalue weighted by molar-refractivity contribution is 7.00. The molecule has 0 bridgehead atoms. The van der Waals surface area contributed by atoms with Crippen molar-refractivity contribution in [2.45, 2.75) is 19.3 Å². The van der Waals surface area contributed by atoms with Gasteiger partial charge in [0.2, 0.25) is 0 Å². The Bertz CT molecular complexity index is 489. The summed E-state index contributed by atoms with van der Waals surface area (Å²) in [7, 11) is 0. The zero-order valence-electron chi connectivity index (χ0n) is 9.32. The number of rotatable bonds is 6. The second kappa shape index (κ2) is 6.14. The van der Waals surface area contributed by atoms with Crippen LogP contribution in [0.1, 0.15) is 19.3 Å². The second-order valence-corrected chi connectivity index (χ2v) is 4.70. The molecular formula is C11H14ClN3OS. The van der Waals surface area contributed by atoms with Crippen molar-refractivity contribution in [2.24, 2.45) is 0 Å². The number of unbranched alkanes of at least 4 members (excludes halogenated alkanes) is 2. The molecule has 0 fully saturated rings. The van der Waals surface area contributed by atoms with E-state index in [0.717, 1.165) is 42.5 Å². The lowest BCUT2D eigenvalue weighted by atomic mass is 10.2. The summed E-state index contributed by atoms with van der Waals surface area (Å²) in [6, 6.07) is 3.71. The first kappa shape index (κ1) is 12.5. The molecule has 2 rings (SSSR count). The van der Waals surface area contributed by atoms with Crippen molar-refractivity contribution in [3.8, 4) is 0 Å². The second-order valence-electron chi connectivity index (χ2n) is 3.77.